The van der Waals surface area contributed by atoms with Gasteiger partial charge in [-0.05, 0) is 6.42 Å². The van der Waals surface area contributed by atoms with Crippen LogP contribution >= 0.6 is 24.8 Å². The molecule has 1 rings (SSSR count). The molecule has 0 aromatic carbocycles. The summed E-state index contributed by atoms with van der Waals surface area (Å²) < 4.78 is 0. The second-order valence-electron chi connectivity index (χ2n) is 2.26. The highest BCUT2D eigenvalue weighted by molar-refractivity contribution is 5.85. The fourth-order valence-corrected chi connectivity index (χ4v) is 1.00. The maximum absolute atomic E-state index is 3.41. The summed E-state index contributed by atoms with van der Waals surface area (Å²) in [5, 5.41) is 6.73. The first kappa shape index (κ1) is 13.1. The van der Waals surface area contributed by atoms with Gasteiger partial charge in [0.1, 0.15) is 0 Å². The molecular weight excluding hydrogens is 171 g/mol. The third kappa shape index (κ3) is 4.34. The Labute approximate surface area is 75.0 Å². The SMILES string of the molecule is CC[C@H]1CNCCN1.Cl.Cl. The summed E-state index contributed by atoms with van der Waals surface area (Å²) in [6, 6.07) is 0.726. The monoisotopic (exact) mass is 186 g/mol. The number of hydrogen-bond donors (Lipinski definition) is 2. The molecule has 0 aliphatic carbocycles. The predicted molar refractivity (Wildman–Crippen MR) is 49.4 cm³/mol. The molecule has 1 fully saturated rings. The molecule has 1 atom stereocenters. The summed E-state index contributed by atoms with van der Waals surface area (Å²) in [7, 11) is 0. The summed E-state index contributed by atoms with van der Waals surface area (Å²) >= 11 is 0. The van der Waals surface area contributed by atoms with Crippen molar-refractivity contribution in [2.24, 2.45) is 0 Å². The fraction of sp³-hybridized carbons (Fsp3) is 1.00. The number of rotatable bonds is 1. The lowest BCUT2D eigenvalue weighted by atomic mass is 10.2. The van der Waals surface area contributed by atoms with Gasteiger partial charge >= 0.3 is 0 Å². The molecule has 2 N–H and O–H groups in total. The third-order valence-corrected chi connectivity index (χ3v) is 1.62. The molecule has 1 saturated heterocycles. The molecule has 2 nitrogen and oxygen atoms in total. The van der Waals surface area contributed by atoms with E-state index >= 15 is 0 Å². The van der Waals surface area contributed by atoms with Crippen LogP contribution < -0.4 is 10.6 Å². The number of hydrogen-bond acceptors (Lipinski definition) is 2. The van der Waals surface area contributed by atoms with Crippen LogP contribution in [0.1, 0.15) is 13.3 Å². The highest BCUT2D eigenvalue weighted by atomic mass is 35.5. The highest BCUT2D eigenvalue weighted by Gasteiger charge is 2.07. The second kappa shape index (κ2) is 7.61. The van der Waals surface area contributed by atoms with E-state index in [2.05, 4.69) is 17.6 Å². The summed E-state index contributed by atoms with van der Waals surface area (Å²) in [4.78, 5) is 0. The van der Waals surface area contributed by atoms with Crippen molar-refractivity contribution in [1.82, 2.24) is 10.6 Å². The van der Waals surface area contributed by atoms with E-state index in [1.165, 1.54) is 6.42 Å². The van der Waals surface area contributed by atoms with Crippen LogP contribution in [0.2, 0.25) is 0 Å². The molecular formula is C6H16Cl2N2. The Morgan fingerprint density at radius 2 is 2.00 bits per heavy atom. The molecule has 64 valence electrons. The Morgan fingerprint density at radius 3 is 2.30 bits per heavy atom. The minimum absolute atomic E-state index is 0. The van der Waals surface area contributed by atoms with Crippen LogP contribution in [0, 0.1) is 0 Å². The summed E-state index contributed by atoms with van der Waals surface area (Å²) in [6.45, 7) is 5.64. The molecule has 1 aliphatic rings. The Hall–Kier alpha value is 0.500. The zero-order chi connectivity index (χ0) is 5.82. The maximum atomic E-state index is 3.41. The van der Waals surface area contributed by atoms with Gasteiger partial charge in [0.25, 0.3) is 0 Å². The molecule has 0 aromatic heterocycles. The lowest BCUT2D eigenvalue weighted by molar-refractivity contribution is 0.410. The fourth-order valence-electron chi connectivity index (χ4n) is 1.00. The normalized spacial score (nSPS) is 24.3. The number of piperazine rings is 1. The standard InChI is InChI=1S/C6H14N2.2ClH/c1-2-6-5-7-3-4-8-6;;/h6-8H,2-5H2,1H3;2*1H/t6-;;/m0../s1. The minimum atomic E-state index is 0. The van der Waals surface area contributed by atoms with Gasteiger partial charge in [-0.25, -0.2) is 0 Å². The molecule has 1 aliphatic heterocycles. The van der Waals surface area contributed by atoms with Crippen molar-refractivity contribution < 1.29 is 0 Å². The van der Waals surface area contributed by atoms with E-state index in [9.17, 15) is 0 Å². The van der Waals surface area contributed by atoms with Crippen LogP contribution in [-0.4, -0.2) is 25.7 Å². The van der Waals surface area contributed by atoms with E-state index in [1.54, 1.807) is 0 Å². The molecule has 0 amide bonds. The van der Waals surface area contributed by atoms with Crippen molar-refractivity contribution >= 4 is 24.8 Å². The molecule has 0 unspecified atom stereocenters. The zero-order valence-corrected chi connectivity index (χ0v) is 7.86. The Balaban J connectivity index is 0. The van der Waals surface area contributed by atoms with Crippen LogP contribution in [0.15, 0.2) is 0 Å². The number of halogens is 2. The second-order valence-corrected chi connectivity index (χ2v) is 2.26. The van der Waals surface area contributed by atoms with Crippen molar-refractivity contribution in [2.75, 3.05) is 19.6 Å². The average molecular weight is 187 g/mol. The van der Waals surface area contributed by atoms with E-state index in [0.29, 0.717) is 0 Å². The molecule has 10 heavy (non-hydrogen) atoms. The van der Waals surface area contributed by atoms with Gasteiger partial charge in [0.2, 0.25) is 0 Å². The smallest absolute Gasteiger partial charge is 0.0190 e. The van der Waals surface area contributed by atoms with Gasteiger partial charge in [0, 0.05) is 25.7 Å². The van der Waals surface area contributed by atoms with E-state index in [4.69, 9.17) is 0 Å². The van der Waals surface area contributed by atoms with Crippen molar-refractivity contribution in [3.05, 3.63) is 0 Å². The first-order chi connectivity index (χ1) is 3.93. The van der Waals surface area contributed by atoms with Gasteiger partial charge in [0.05, 0.1) is 0 Å². The molecule has 0 aromatic rings. The van der Waals surface area contributed by atoms with Crippen molar-refractivity contribution in [3.8, 4) is 0 Å². The number of nitrogens with one attached hydrogen (secondary N) is 2. The lowest BCUT2D eigenvalue weighted by Gasteiger charge is -2.22. The minimum Gasteiger partial charge on any atom is -0.314 e. The van der Waals surface area contributed by atoms with Crippen LogP contribution in [0.3, 0.4) is 0 Å². The third-order valence-electron chi connectivity index (χ3n) is 1.62. The van der Waals surface area contributed by atoms with Gasteiger partial charge in [0.15, 0.2) is 0 Å². The first-order valence-corrected chi connectivity index (χ1v) is 3.37. The first-order valence-electron chi connectivity index (χ1n) is 3.37. The molecule has 0 spiro atoms. The Bertz CT molecular complexity index is 64.8. The average Bonchev–Trinajstić information content (AvgIpc) is 1.90. The maximum Gasteiger partial charge on any atom is 0.0190 e. The van der Waals surface area contributed by atoms with Gasteiger partial charge in [-0.3, -0.25) is 0 Å². The quantitative estimate of drug-likeness (QED) is 0.634. The van der Waals surface area contributed by atoms with Gasteiger partial charge < -0.3 is 10.6 Å². The van der Waals surface area contributed by atoms with Gasteiger partial charge in [-0.1, -0.05) is 6.92 Å². The summed E-state index contributed by atoms with van der Waals surface area (Å²) in [6.07, 6.45) is 1.24. The largest absolute Gasteiger partial charge is 0.314 e. The molecule has 1 heterocycles. The molecule has 0 saturated carbocycles. The Kier molecular flexibility index (Phi) is 9.97. The summed E-state index contributed by atoms with van der Waals surface area (Å²) in [5.74, 6) is 0. The lowest BCUT2D eigenvalue weighted by Crippen LogP contribution is -2.47. The summed E-state index contributed by atoms with van der Waals surface area (Å²) in [5.41, 5.74) is 0. The van der Waals surface area contributed by atoms with Crippen LogP contribution in [0.25, 0.3) is 0 Å². The van der Waals surface area contributed by atoms with Crippen LogP contribution in [-0.2, 0) is 0 Å². The van der Waals surface area contributed by atoms with E-state index < -0.39 is 0 Å². The van der Waals surface area contributed by atoms with E-state index in [1.807, 2.05) is 0 Å². The van der Waals surface area contributed by atoms with E-state index in [0.717, 1.165) is 25.7 Å². The predicted octanol–water partition coefficient (Wildman–Crippen LogP) is 0.801. The molecule has 4 heteroatoms. The topological polar surface area (TPSA) is 24.1 Å². The van der Waals surface area contributed by atoms with Crippen LogP contribution in [0.5, 0.6) is 0 Å². The molecule has 0 radical (unpaired) electrons. The van der Waals surface area contributed by atoms with Crippen molar-refractivity contribution in [3.63, 3.8) is 0 Å². The molecule has 0 bridgehead atoms. The van der Waals surface area contributed by atoms with Crippen molar-refractivity contribution in [2.45, 2.75) is 19.4 Å². The van der Waals surface area contributed by atoms with Crippen molar-refractivity contribution in [1.29, 1.82) is 0 Å². The van der Waals surface area contributed by atoms with E-state index in [-0.39, 0.29) is 24.8 Å². The van der Waals surface area contributed by atoms with Gasteiger partial charge in [-0.15, -0.1) is 24.8 Å². The Morgan fingerprint density at radius 1 is 1.30 bits per heavy atom. The van der Waals surface area contributed by atoms with Gasteiger partial charge in [-0.2, -0.15) is 0 Å². The van der Waals surface area contributed by atoms with Crippen LogP contribution in [0.4, 0.5) is 0 Å². The zero-order valence-electron chi connectivity index (χ0n) is 6.22. The highest BCUT2D eigenvalue weighted by Crippen LogP contribution is 1.90.